The maximum atomic E-state index is 11.7. The van der Waals surface area contributed by atoms with Crippen molar-refractivity contribution in [3.05, 3.63) is 65.0 Å². The lowest BCUT2D eigenvalue weighted by Crippen LogP contribution is -2.16. The van der Waals surface area contributed by atoms with E-state index >= 15 is 0 Å². The van der Waals surface area contributed by atoms with E-state index in [2.05, 4.69) is 27.6 Å². The quantitative estimate of drug-likeness (QED) is 0.510. The van der Waals surface area contributed by atoms with Gasteiger partial charge >= 0.3 is 0 Å². The van der Waals surface area contributed by atoms with Gasteiger partial charge in [-0.3, -0.25) is 4.79 Å². The van der Waals surface area contributed by atoms with Crippen molar-refractivity contribution in [3.8, 4) is 10.7 Å². The number of anilines is 2. The largest absolute Gasteiger partial charge is 0.366 e. The van der Waals surface area contributed by atoms with Crippen LogP contribution < -0.4 is 16.0 Å². The highest BCUT2D eigenvalue weighted by molar-refractivity contribution is 7.15. The number of carbonyl (C=O) groups excluding carboxylic acids is 1. The predicted molar refractivity (Wildman–Crippen MR) is 117 cm³/mol. The Balaban J connectivity index is 1.74. The van der Waals surface area contributed by atoms with Crippen LogP contribution in [0.1, 0.15) is 15.9 Å². The van der Waals surface area contributed by atoms with Crippen LogP contribution in [0.2, 0.25) is 0 Å². The number of benzene rings is 2. The van der Waals surface area contributed by atoms with E-state index in [-0.39, 0.29) is 0 Å². The van der Waals surface area contributed by atoms with Crippen LogP contribution >= 0.6 is 11.3 Å². The molecule has 8 heteroatoms. The smallest absolute Gasteiger partial charge is 0.249 e. The van der Waals surface area contributed by atoms with Gasteiger partial charge in [0, 0.05) is 42.4 Å². The summed E-state index contributed by atoms with van der Waals surface area (Å²) in [4.78, 5) is 19.2. The Morgan fingerprint density at radius 3 is 2.59 bits per heavy atom. The topological polar surface area (TPSA) is 97.0 Å². The second kappa shape index (κ2) is 7.84. The lowest BCUT2D eigenvalue weighted by molar-refractivity contribution is 0.100. The molecule has 0 spiro atoms. The van der Waals surface area contributed by atoms with E-state index < -0.39 is 5.91 Å². The fourth-order valence-electron chi connectivity index (χ4n) is 3.08. The van der Waals surface area contributed by atoms with Gasteiger partial charge in [-0.05, 0) is 11.6 Å². The van der Waals surface area contributed by atoms with Gasteiger partial charge < -0.3 is 16.0 Å². The third-order valence-electron chi connectivity index (χ3n) is 4.51. The van der Waals surface area contributed by atoms with Crippen LogP contribution in [0.4, 0.5) is 11.6 Å². The SMILES string of the molecule is CN(C)c1nnc(-c2scc3c(C(N)=O)cccc23)nc1NCc1ccccc1. The Kier molecular flexibility index (Phi) is 5.09. The number of nitrogens with one attached hydrogen (secondary N) is 1. The molecule has 0 aliphatic heterocycles. The number of aromatic nitrogens is 3. The summed E-state index contributed by atoms with van der Waals surface area (Å²) in [5.41, 5.74) is 7.14. The predicted octanol–water partition coefficient (Wildman–Crippen LogP) is 3.53. The molecule has 0 unspecified atom stereocenters. The summed E-state index contributed by atoms with van der Waals surface area (Å²) in [5.74, 6) is 1.36. The first kappa shape index (κ1) is 18.8. The Hall–Kier alpha value is -3.52. The number of thiophene rings is 1. The molecule has 0 bridgehead atoms. The van der Waals surface area contributed by atoms with Crippen molar-refractivity contribution in [2.24, 2.45) is 5.73 Å². The van der Waals surface area contributed by atoms with E-state index in [0.29, 0.717) is 29.6 Å². The molecule has 0 aliphatic rings. The van der Waals surface area contributed by atoms with Gasteiger partial charge in [0.1, 0.15) is 0 Å². The lowest BCUT2D eigenvalue weighted by Gasteiger charge is -2.16. The normalized spacial score (nSPS) is 10.8. The number of fused-ring (bicyclic) bond motifs is 1. The van der Waals surface area contributed by atoms with Crippen LogP contribution in [-0.4, -0.2) is 35.2 Å². The van der Waals surface area contributed by atoms with Gasteiger partial charge in [-0.1, -0.05) is 42.5 Å². The first-order valence-corrected chi connectivity index (χ1v) is 9.93. The Labute approximate surface area is 172 Å². The number of nitrogens with zero attached hydrogens (tertiary/aromatic N) is 4. The molecular formula is C21H20N6OS. The first-order valence-electron chi connectivity index (χ1n) is 9.05. The van der Waals surface area contributed by atoms with Crippen molar-refractivity contribution in [3.63, 3.8) is 0 Å². The summed E-state index contributed by atoms with van der Waals surface area (Å²) < 4.78 is 0. The van der Waals surface area contributed by atoms with E-state index in [0.717, 1.165) is 21.2 Å². The zero-order valence-corrected chi connectivity index (χ0v) is 16.9. The molecule has 0 radical (unpaired) electrons. The van der Waals surface area contributed by atoms with Crippen molar-refractivity contribution in [2.75, 3.05) is 24.3 Å². The highest BCUT2D eigenvalue weighted by Gasteiger charge is 2.17. The summed E-state index contributed by atoms with van der Waals surface area (Å²) in [7, 11) is 3.80. The van der Waals surface area contributed by atoms with Gasteiger partial charge in [0.2, 0.25) is 5.91 Å². The summed E-state index contributed by atoms with van der Waals surface area (Å²) in [5, 5.41) is 15.7. The summed E-state index contributed by atoms with van der Waals surface area (Å²) >= 11 is 1.47. The van der Waals surface area contributed by atoms with Crippen molar-refractivity contribution in [2.45, 2.75) is 6.54 Å². The second-order valence-electron chi connectivity index (χ2n) is 6.74. The lowest BCUT2D eigenvalue weighted by atomic mass is 10.1. The maximum Gasteiger partial charge on any atom is 0.249 e. The zero-order valence-electron chi connectivity index (χ0n) is 16.1. The molecule has 2 aromatic heterocycles. The van der Waals surface area contributed by atoms with E-state index in [1.165, 1.54) is 11.3 Å². The number of nitrogens with two attached hydrogens (primary N) is 1. The molecule has 7 nitrogen and oxygen atoms in total. The minimum Gasteiger partial charge on any atom is -0.366 e. The number of carbonyl (C=O) groups is 1. The minimum atomic E-state index is -0.452. The van der Waals surface area contributed by atoms with Crippen LogP contribution in [-0.2, 0) is 6.54 Å². The van der Waals surface area contributed by atoms with Crippen molar-refractivity contribution < 1.29 is 4.79 Å². The average molecular weight is 404 g/mol. The molecule has 29 heavy (non-hydrogen) atoms. The van der Waals surface area contributed by atoms with E-state index in [1.54, 1.807) is 6.07 Å². The van der Waals surface area contributed by atoms with Crippen LogP contribution in [0.15, 0.2) is 53.9 Å². The van der Waals surface area contributed by atoms with Crippen molar-refractivity contribution in [1.29, 1.82) is 0 Å². The zero-order chi connectivity index (χ0) is 20.4. The van der Waals surface area contributed by atoms with Crippen LogP contribution in [0, 0.1) is 0 Å². The van der Waals surface area contributed by atoms with Crippen LogP contribution in [0.3, 0.4) is 0 Å². The maximum absolute atomic E-state index is 11.7. The van der Waals surface area contributed by atoms with Crippen LogP contribution in [0.5, 0.6) is 0 Å². The molecule has 1 amide bonds. The third-order valence-corrected chi connectivity index (χ3v) is 5.50. The van der Waals surface area contributed by atoms with Gasteiger partial charge in [-0.15, -0.1) is 21.5 Å². The summed E-state index contributed by atoms with van der Waals surface area (Å²) in [6.45, 7) is 0.622. The number of hydrogen-bond acceptors (Lipinski definition) is 7. The Morgan fingerprint density at radius 1 is 1.07 bits per heavy atom. The van der Waals surface area contributed by atoms with Gasteiger partial charge in [0.25, 0.3) is 0 Å². The molecule has 0 fully saturated rings. The Bertz CT molecular complexity index is 1170. The Morgan fingerprint density at radius 2 is 1.86 bits per heavy atom. The van der Waals surface area contributed by atoms with Crippen molar-refractivity contribution >= 4 is 39.7 Å². The van der Waals surface area contributed by atoms with Crippen molar-refractivity contribution in [1.82, 2.24) is 15.2 Å². The standard InChI is InChI=1S/C21H20N6OS/c1-27(2)21-20(23-11-13-7-4-3-5-8-13)24-19(25-26-21)17-14-9-6-10-15(18(22)28)16(14)12-29-17/h3-10,12H,11H2,1-2H3,(H2,22,28)(H,23,24,25). The van der Waals surface area contributed by atoms with Gasteiger partial charge in [-0.2, -0.15) is 0 Å². The molecule has 0 atom stereocenters. The van der Waals surface area contributed by atoms with Gasteiger partial charge in [0.15, 0.2) is 17.5 Å². The molecule has 0 saturated heterocycles. The molecule has 3 N–H and O–H groups in total. The average Bonchev–Trinajstić information content (AvgIpc) is 3.16. The molecular weight excluding hydrogens is 384 g/mol. The third kappa shape index (κ3) is 3.74. The minimum absolute atomic E-state index is 0.452. The fourth-order valence-corrected chi connectivity index (χ4v) is 4.06. The number of primary amides is 1. The molecule has 2 aromatic carbocycles. The molecule has 4 rings (SSSR count). The van der Waals surface area contributed by atoms with Gasteiger partial charge in [0.05, 0.1) is 4.88 Å². The fraction of sp³-hybridized carbons (Fsp3) is 0.143. The van der Waals surface area contributed by atoms with Gasteiger partial charge in [-0.25, -0.2) is 4.98 Å². The molecule has 2 heterocycles. The van der Waals surface area contributed by atoms with E-state index in [9.17, 15) is 4.79 Å². The van der Waals surface area contributed by atoms with E-state index in [4.69, 9.17) is 10.7 Å². The number of rotatable bonds is 6. The molecule has 0 saturated carbocycles. The summed E-state index contributed by atoms with van der Waals surface area (Å²) in [6, 6.07) is 15.6. The first-order chi connectivity index (χ1) is 14.0. The van der Waals surface area contributed by atoms with E-state index in [1.807, 2.05) is 54.7 Å². The highest BCUT2D eigenvalue weighted by Crippen LogP contribution is 2.35. The highest BCUT2D eigenvalue weighted by atomic mass is 32.1. The number of hydrogen-bond donors (Lipinski definition) is 2. The number of amides is 1. The summed E-state index contributed by atoms with van der Waals surface area (Å²) in [6.07, 6.45) is 0. The molecule has 4 aromatic rings. The monoisotopic (exact) mass is 404 g/mol. The second-order valence-corrected chi connectivity index (χ2v) is 7.62. The van der Waals surface area contributed by atoms with Crippen LogP contribution in [0.25, 0.3) is 21.5 Å². The molecule has 0 aliphatic carbocycles. The molecule has 146 valence electrons.